The van der Waals surface area contributed by atoms with E-state index in [1.165, 1.54) is 6.08 Å². The maximum absolute atomic E-state index is 12.7. The summed E-state index contributed by atoms with van der Waals surface area (Å²) in [7, 11) is 0. The summed E-state index contributed by atoms with van der Waals surface area (Å²) in [4.78, 5) is 12.7. The van der Waals surface area contributed by atoms with Crippen molar-refractivity contribution in [2.45, 2.75) is 20.5 Å². The molecule has 1 amide bonds. The van der Waals surface area contributed by atoms with E-state index in [-0.39, 0.29) is 12.2 Å². The van der Waals surface area contributed by atoms with Crippen LogP contribution in [-0.4, -0.2) is 5.91 Å². The van der Waals surface area contributed by atoms with Gasteiger partial charge >= 0.3 is 0 Å². The Balaban J connectivity index is 1.90. The normalized spacial score (nSPS) is 11.0. The highest BCUT2D eigenvalue weighted by Crippen LogP contribution is 2.34. The molecule has 0 atom stereocenters. The molecule has 4 nitrogen and oxygen atoms in total. The molecule has 0 radical (unpaired) electrons. The summed E-state index contributed by atoms with van der Waals surface area (Å²) in [6.45, 7) is 4.14. The Morgan fingerprint density at radius 1 is 1.10 bits per heavy atom. The van der Waals surface area contributed by atoms with Gasteiger partial charge in [0.1, 0.15) is 24.0 Å². The van der Waals surface area contributed by atoms with Gasteiger partial charge in [0.05, 0.1) is 5.02 Å². The SMILES string of the molecule is Cc1ccc(NC(=O)/C(C#N)=C/c2cc(Cl)cc(Cl)c2OCc2ccccc2)c(C)c1. The topological polar surface area (TPSA) is 62.1 Å². The molecule has 3 aromatic rings. The molecule has 0 aliphatic rings. The highest BCUT2D eigenvalue weighted by Gasteiger charge is 2.15. The van der Waals surface area contributed by atoms with E-state index in [1.807, 2.05) is 68.4 Å². The van der Waals surface area contributed by atoms with Gasteiger partial charge in [-0.15, -0.1) is 0 Å². The maximum atomic E-state index is 12.7. The van der Waals surface area contributed by atoms with E-state index in [0.29, 0.717) is 27.0 Å². The van der Waals surface area contributed by atoms with Crippen molar-refractivity contribution >= 4 is 40.9 Å². The van der Waals surface area contributed by atoms with Gasteiger partial charge in [0, 0.05) is 16.3 Å². The Kier molecular flexibility index (Phi) is 7.36. The molecule has 0 spiro atoms. The van der Waals surface area contributed by atoms with Crippen molar-refractivity contribution in [2.24, 2.45) is 0 Å². The number of rotatable bonds is 6. The van der Waals surface area contributed by atoms with Crippen LogP contribution in [0.15, 0.2) is 66.2 Å². The summed E-state index contributed by atoms with van der Waals surface area (Å²) in [5.41, 5.74) is 3.94. The number of hydrogen-bond donors (Lipinski definition) is 1. The summed E-state index contributed by atoms with van der Waals surface area (Å²) in [6, 6.07) is 20.4. The lowest BCUT2D eigenvalue weighted by molar-refractivity contribution is -0.112. The van der Waals surface area contributed by atoms with Crippen molar-refractivity contribution in [1.29, 1.82) is 5.26 Å². The lowest BCUT2D eigenvalue weighted by Gasteiger charge is -2.13. The Bertz CT molecular complexity index is 1180. The van der Waals surface area contributed by atoms with Crippen LogP contribution in [0.3, 0.4) is 0 Å². The summed E-state index contributed by atoms with van der Waals surface area (Å²) in [5.74, 6) is -0.179. The number of nitriles is 1. The number of nitrogens with zero attached hydrogens (tertiary/aromatic N) is 1. The van der Waals surface area contributed by atoms with Gasteiger partial charge in [-0.1, -0.05) is 71.2 Å². The van der Waals surface area contributed by atoms with Gasteiger partial charge in [-0.2, -0.15) is 5.26 Å². The maximum Gasteiger partial charge on any atom is 0.266 e. The standard InChI is InChI=1S/C25H20Cl2N2O2/c1-16-8-9-23(17(2)10-16)29-25(30)20(14-28)11-19-12-21(26)13-22(27)24(19)31-15-18-6-4-3-5-7-18/h3-13H,15H2,1-2H3,(H,29,30)/b20-11+. The lowest BCUT2D eigenvalue weighted by atomic mass is 10.1. The molecular weight excluding hydrogens is 431 g/mol. The van der Waals surface area contributed by atoms with Crippen LogP contribution in [0, 0.1) is 25.2 Å². The summed E-state index contributed by atoms with van der Waals surface area (Å²) >= 11 is 12.5. The smallest absolute Gasteiger partial charge is 0.266 e. The molecule has 3 rings (SSSR count). The fourth-order valence-electron chi connectivity index (χ4n) is 3.02. The average Bonchev–Trinajstić information content (AvgIpc) is 2.73. The fraction of sp³-hybridized carbons (Fsp3) is 0.120. The molecule has 156 valence electrons. The first-order chi connectivity index (χ1) is 14.9. The van der Waals surface area contributed by atoms with Crippen molar-refractivity contribution < 1.29 is 9.53 Å². The molecule has 0 aliphatic heterocycles. The zero-order chi connectivity index (χ0) is 22.4. The summed E-state index contributed by atoms with van der Waals surface area (Å²) in [5, 5.41) is 13.0. The summed E-state index contributed by atoms with van der Waals surface area (Å²) < 4.78 is 5.91. The highest BCUT2D eigenvalue weighted by molar-refractivity contribution is 6.36. The fourth-order valence-corrected chi connectivity index (χ4v) is 3.58. The third kappa shape index (κ3) is 5.88. The molecule has 6 heteroatoms. The van der Waals surface area contributed by atoms with Crippen LogP contribution >= 0.6 is 23.2 Å². The van der Waals surface area contributed by atoms with Crippen LogP contribution in [0.2, 0.25) is 10.0 Å². The molecule has 1 N–H and O–H groups in total. The van der Waals surface area contributed by atoms with Gasteiger partial charge < -0.3 is 10.1 Å². The van der Waals surface area contributed by atoms with Gasteiger partial charge in [0.15, 0.2) is 0 Å². The number of aryl methyl sites for hydroxylation is 2. The quantitative estimate of drug-likeness (QED) is 0.334. The van der Waals surface area contributed by atoms with Crippen molar-refractivity contribution in [1.82, 2.24) is 0 Å². The van der Waals surface area contributed by atoms with Gasteiger partial charge in [0.25, 0.3) is 5.91 Å². The number of anilines is 1. The first-order valence-corrected chi connectivity index (χ1v) is 10.3. The van der Waals surface area contributed by atoms with E-state index >= 15 is 0 Å². The minimum atomic E-state index is -0.528. The van der Waals surface area contributed by atoms with E-state index in [9.17, 15) is 10.1 Å². The predicted molar refractivity (Wildman–Crippen MR) is 125 cm³/mol. The van der Waals surface area contributed by atoms with E-state index in [4.69, 9.17) is 27.9 Å². The molecule has 0 bridgehead atoms. The van der Waals surface area contributed by atoms with Crippen LogP contribution < -0.4 is 10.1 Å². The zero-order valence-corrected chi connectivity index (χ0v) is 18.6. The molecule has 0 heterocycles. The van der Waals surface area contributed by atoms with E-state index in [1.54, 1.807) is 12.1 Å². The molecule has 0 unspecified atom stereocenters. The molecule has 0 aliphatic carbocycles. The van der Waals surface area contributed by atoms with Crippen molar-refractivity contribution in [3.8, 4) is 11.8 Å². The number of hydrogen-bond acceptors (Lipinski definition) is 3. The molecule has 0 aromatic heterocycles. The first kappa shape index (κ1) is 22.4. The number of benzene rings is 3. The number of carbonyl (C=O) groups is 1. The second kappa shape index (κ2) is 10.2. The first-order valence-electron chi connectivity index (χ1n) is 9.53. The minimum Gasteiger partial charge on any atom is -0.487 e. The van der Waals surface area contributed by atoms with Crippen LogP contribution in [0.25, 0.3) is 6.08 Å². The number of nitrogens with one attached hydrogen (secondary N) is 1. The predicted octanol–water partition coefficient (Wildman–Crippen LogP) is 6.73. The molecule has 0 fully saturated rings. The average molecular weight is 451 g/mol. The Labute approximate surface area is 191 Å². The minimum absolute atomic E-state index is 0.0946. The lowest BCUT2D eigenvalue weighted by Crippen LogP contribution is -2.14. The van der Waals surface area contributed by atoms with Crippen molar-refractivity contribution in [3.05, 3.63) is 98.5 Å². The Morgan fingerprint density at radius 2 is 1.84 bits per heavy atom. The van der Waals surface area contributed by atoms with E-state index in [2.05, 4.69) is 5.32 Å². The third-order valence-corrected chi connectivity index (χ3v) is 5.06. The Morgan fingerprint density at radius 3 is 2.52 bits per heavy atom. The molecule has 0 saturated carbocycles. The van der Waals surface area contributed by atoms with Crippen LogP contribution in [-0.2, 0) is 11.4 Å². The highest BCUT2D eigenvalue weighted by atomic mass is 35.5. The molecule has 3 aromatic carbocycles. The van der Waals surface area contributed by atoms with Gasteiger partial charge in [0.2, 0.25) is 0 Å². The molecule has 31 heavy (non-hydrogen) atoms. The number of halogens is 2. The summed E-state index contributed by atoms with van der Waals surface area (Å²) in [6.07, 6.45) is 1.43. The van der Waals surface area contributed by atoms with Crippen molar-refractivity contribution in [2.75, 3.05) is 5.32 Å². The van der Waals surface area contributed by atoms with E-state index in [0.717, 1.165) is 16.7 Å². The monoisotopic (exact) mass is 450 g/mol. The second-order valence-corrected chi connectivity index (χ2v) is 7.87. The molecule has 0 saturated heterocycles. The number of ether oxygens (including phenoxy) is 1. The molecular formula is C25H20Cl2N2O2. The Hall–Kier alpha value is -3.26. The van der Waals surface area contributed by atoms with Crippen LogP contribution in [0.1, 0.15) is 22.3 Å². The van der Waals surface area contributed by atoms with Gasteiger partial charge in [-0.05, 0) is 49.2 Å². The largest absolute Gasteiger partial charge is 0.487 e. The van der Waals surface area contributed by atoms with Crippen molar-refractivity contribution in [3.63, 3.8) is 0 Å². The van der Waals surface area contributed by atoms with E-state index < -0.39 is 5.91 Å². The van der Waals surface area contributed by atoms with Crippen LogP contribution in [0.4, 0.5) is 5.69 Å². The van der Waals surface area contributed by atoms with Gasteiger partial charge in [-0.25, -0.2) is 0 Å². The number of carbonyl (C=O) groups excluding carboxylic acids is 1. The zero-order valence-electron chi connectivity index (χ0n) is 17.1. The number of amides is 1. The van der Waals surface area contributed by atoms with Crippen LogP contribution in [0.5, 0.6) is 5.75 Å². The van der Waals surface area contributed by atoms with Gasteiger partial charge in [-0.3, -0.25) is 4.79 Å². The second-order valence-electron chi connectivity index (χ2n) is 7.02. The third-order valence-electron chi connectivity index (χ3n) is 4.56.